The van der Waals surface area contributed by atoms with Gasteiger partial charge in [-0.15, -0.1) is 0 Å². The summed E-state index contributed by atoms with van der Waals surface area (Å²) in [7, 11) is 1.90. The van der Waals surface area contributed by atoms with E-state index in [1.165, 1.54) is 24.0 Å². The van der Waals surface area contributed by atoms with Gasteiger partial charge in [0.1, 0.15) is 0 Å². The molecule has 3 unspecified atom stereocenters. The van der Waals surface area contributed by atoms with Gasteiger partial charge in [-0.2, -0.15) is 0 Å². The van der Waals surface area contributed by atoms with E-state index in [1.54, 1.807) is 0 Å². The van der Waals surface area contributed by atoms with Crippen LogP contribution >= 0.6 is 0 Å². The summed E-state index contributed by atoms with van der Waals surface area (Å²) in [5.41, 5.74) is 8.59. The van der Waals surface area contributed by atoms with Crippen LogP contribution in [0, 0.1) is 12.8 Å². The molecule has 0 bridgehead atoms. The normalized spacial score (nSPS) is 23.6. The van der Waals surface area contributed by atoms with E-state index in [9.17, 15) is 4.79 Å². The van der Waals surface area contributed by atoms with Gasteiger partial charge in [0, 0.05) is 19.5 Å². The van der Waals surface area contributed by atoms with E-state index >= 15 is 0 Å². The molecule has 0 aliphatic heterocycles. The SMILES string of the molecule is Cc1ccc(C(C)N(C)C(=O)CC2CCCCC2N)cc1. The molecule has 3 heteroatoms. The Bertz CT molecular complexity index is 469. The van der Waals surface area contributed by atoms with Crippen LogP contribution < -0.4 is 5.73 Å². The number of rotatable bonds is 4. The van der Waals surface area contributed by atoms with Crippen molar-refractivity contribution >= 4 is 5.91 Å². The Kier molecular flexibility index (Phi) is 5.40. The Morgan fingerprint density at radius 1 is 1.29 bits per heavy atom. The van der Waals surface area contributed by atoms with Gasteiger partial charge in [0.25, 0.3) is 0 Å². The maximum atomic E-state index is 12.5. The number of amides is 1. The van der Waals surface area contributed by atoms with E-state index in [2.05, 4.69) is 38.1 Å². The zero-order valence-corrected chi connectivity index (χ0v) is 13.5. The van der Waals surface area contributed by atoms with E-state index in [4.69, 9.17) is 5.73 Å². The molecule has 3 atom stereocenters. The van der Waals surface area contributed by atoms with Gasteiger partial charge in [-0.1, -0.05) is 42.7 Å². The highest BCUT2D eigenvalue weighted by atomic mass is 16.2. The van der Waals surface area contributed by atoms with Crippen LogP contribution in [-0.2, 0) is 4.79 Å². The van der Waals surface area contributed by atoms with E-state index < -0.39 is 0 Å². The summed E-state index contributed by atoms with van der Waals surface area (Å²) < 4.78 is 0. The van der Waals surface area contributed by atoms with E-state index in [0.717, 1.165) is 12.8 Å². The molecule has 2 rings (SSSR count). The standard InChI is InChI=1S/C18H28N2O/c1-13-8-10-15(11-9-13)14(2)20(3)18(21)12-16-6-4-5-7-17(16)19/h8-11,14,16-17H,4-7,12,19H2,1-3H3. The van der Waals surface area contributed by atoms with Crippen LogP contribution in [0.3, 0.4) is 0 Å². The Hall–Kier alpha value is -1.35. The highest BCUT2D eigenvalue weighted by molar-refractivity contribution is 5.76. The number of nitrogens with two attached hydrogens (primary N) is 1. The van der Waals surface area contributed by atoms with Gasteiger partial charge in [0.15, 0.2) is 0 Å². The van der Waals surface area contributed by atoms with Gasteiger partial charge in [-0.05, 0) is 38.2 Å². The molecule has 1 amide bonds. The summed E-state index contributed by atoms with van der Waals surface area (Å²) in [4.78, 5) is 14.4. The number of benzene rings is 1. The predicted octanol–water partition coefficient (Wildman–Crippen LogP) is 3.42. The van der Waals surface area contributed by atoms with Crippen LogP contribution in [0.4, 0.5) is 0 Å². The number of carbonyl (C=O) groups excluding carboxylic acids is 1. The van der Waals surface area contributed by atoms with Gasteiger partial charge >= 0.3 is 0 Å². The van der Waals surface area contributed by atoms with Crippen molar-refractivity contribution in [3.8, 4) is 0 Å². The second-order valence-electron chi connectivity index (χ2n) is 6.50. The molecule has 1 aliphatic rings. The fraction of sp³-hybridized carbons (Fsp3) is 0.611. The summed E-state index contributed by atoms with van der Waals surface area (Å²) in [5, 5.41) is 0. The Labute approximate surface area is 128 Å². The van der Waals surface area contributed by atoms with Crippen LogP contribution in [0.5, 0.6) is 0 Å². The van der Waals surface area contributed by atoms with Gasteiger partial charge in [-0.25, -0.2) is 0 Å². The molecular formula is C18H28N2O. The molecule has 1 saturated carbocycles. The second-order valence-corrected chi connectivity index (χ2v) is 6.50. The third-order valence-corrected chi connectivity index (χ3v) is 4.94. The van der Waals surface area contributed by atoms with Crippen molar-refractivity contribution in [3.63, 3.8) is 0 Å². The Morgan fingerprint density at radius 3 is 2.52 bits per heavy atom. The third-order valence-electron chi connectivity index (χ3n) is 4.94. The molecular weight excluding hydrogens is 260 g/mol. The number of nitrogens with zero attached hydrogens (tertiary/aromatic N) is 1. The molecule has 1 aromatic carbocycles. The van der Waals surface area contributed by atoms with Crippen LogP contribution in [0.15, 0.2) is 24.3 Å². The lowest BCUT2D eigenvalue weighted by atomic mass is 9.82. The Balaban J connectivity index is 1.96. The summed E-state index contributed by atoms with van der Waals surface area (Å²) >= 11 is 0. The molecule has 21 heavy (non-hydrogen) atoms. The number of carbonyl (C=O) groups is 1. The number of hydrogen-bond donors (Lipinski definition) is 1. The molecule has 1 aliphatic carbocycles. The lowest BCUT2D eigenvalue weighted by molar-refractivity contribution is -0.133. The summed E-state index contributed by atoms with van der Waals surface area (Å²) in [6.45, 7) is 4.16. The second kappa shape index (κ2) is 7.08. The number of aryl methyl sites for hydroxylation is 1. The van der Waals surface area contributed by atoms with Crippen molar-refractivity contribution in [2.75, 3.05) is 7.05 Å². The van der Waals surface area contributed by atoms with Crippen LogP contribution in [0.2, 0.25) is 0 Å². The maximum Gasteiger partial charge on any atom is 0.223 e. The zero-order valence-electron chi connectivity index (χ0n) is 13.5. The van der Waals surface area contributed by atoms with Crippen LogP contribution in [-0.4, -0.2) is 23.9 Å². The zero-order chi connectivity index (χ0) is 15.4. The highest BCUT2D eigenvalue weighted by Gasteiger charge is 2.27. The minimum atomic E-state index is 0.109. The molecule has 0 aromatic heterocycles. The first-order chi connectivity index (χ1) is 9.99. The van der Waals surface area contributed by atoms with Crippen molar-refractivity contribution in [2.45, 2.75) is 58.0 Å². The monoisotopic (exact) mass is 288 g/mol. The highest BCUT2D eigenvalue weighted by Crippen LogP contribution is 2.28. The van der Waals surface area contributed by atoms with Gasteiger partial charge < -0.3 is 10.6 Å². The Morgan fingerprint density at radius 2 is 1.90 bits per heavy atom. The maximum absolute atomic E-state index is 12.5. The lowest BCUT2D eigenvalue weighted by Gasteiger charge is -2.31. The fourth-order valence-corrected chi connectivity index (χ4v) is 3.14. The summed E-state index contributed by atoms with van der Waals surface area (Å²) in [6.07, 6.45) is 5.17. The van der Waals surface area contributed by atoms with Crippen LogP contribution in [0.1, 0.15) is 56.2 Å². The minimum absolute atomic E-state index is 0.109. The van der Waals surface area contributed by atoms with Gasteiger partial charge in [0.2, 0.25) is 5.91 Å². The molecule has 0 saturated heterocycles. The first kappa shape index (κ1) is 16.0. The molecule has 116 valence electrons. The van der Waals surface area contributed by atoms with Crippen molar-refractivity contribution in [1.82, 2.24) is 4.90 Å². The first-order valence-corrected chi connectivity index (χ1v) is 8.07. The smallest absolute Gasteiger partial charge is 0.223 e. The third kappa shape index (κ3) is 4.07. The van der Waals surface area contributed by atoms with Crippen molar-refractivity contribution < 1.29 is 4.79 Å². The molecule has 0 spiro atoms. The average Bonchev–Trinajstić information content (AvgIpc) is 2.49. The van der Waals surface area contributed by atoms with E-state index in [0.29, 0.717) is 12.3 Å². The van der Waals surface area contributed by atoms with Gasteiger partial charge in [-0.3, -0.25) is 4.79 Å². The molecule has 1 aromatic rings. The fourth-order valence-electron chi connectivity index (χ4n) is 3.14. The van der Waals surface area contributed by atoms with E-state index in [1.807, 2.05) is 11.9 Å². The topological polar surface area (TPSA) is 46.3 Å². The van der Waals surface area contributed by atoms with E-state index in [-0.39, 0.29) is 18.0 Å². The molecule has 3 nitrogen and oxygen atoms in total. The quantitative estimate of drug-likeness (QED) is 0.922. The summed E-state index contributed by atoms with van der Waals surface area (Å²) in [6, 6.07) is 8.72. The molecule has 2 N–H and O–H groups in total. The number of hydrogen-bond acceptors (Lipinski definition) is 2. The molecule has 0 heterocycles. The predicted molar refractivity (Wildman–Crippen MR) is 86.9 cm³/mol. The minimum Gasteiger partial charge on any atom is -0.339 e. The first-order valence-electron chi connectivity index (χ1n) is 8.07. The van der Waals surface area contributed by atoms with Crippen LogP contribution in [0.25, 0.3) is 0 Å². The largest absolute Gasteiger partial charge is 0.339 e. The van der Waals surface area contributed by atoms with Crippen molar-refractivity contribution in [3.05, 3.63) is 35.4 Å². The lowest BCUT2D eigenvalue weighted by Crippen LogP contribution is -2.38. The van der Waals surface area contributed by atoms with Crippen molar-refractivity contribution in [1.29, 1.82) is 0 Å². The average molecular weight is 288 g/mol. The summed E-state index contributed by atoms with van der Waals surface area (Å²) in [5.74, 6) is 0.573. The molecule has 0 radical (unpaired) electrons. The molecule has 1 fully saturated rings. The van der Waals surface area contributed by atoms with Gasteiger partial charge in [0.05, 0.1) is 6.04 Å². The van der Waals surface area contributed by atoms with Crippen molar-refractivity contribution in [2.24, 2.45) is 11.7 Å².